The minimum Gasteiger partial charge on any atom is -0.410 e. The van der Waals surface area contributed by atoms with Crippen LogP contribution in [0.2, 0.25) is 0 Å². The van der Waals surface area contributed by atoms with E-state index in [1.54, 1.807) is 19.1 Å². The topological polar surface area (TPSA) is 32.6 Å². The van der Waals surface area contributed by atoms with Gasteiger partial charge in [-0.2, -0.15) is 0 Å². The summed E-state index contributed by atoms with van der Waals surface area (Å²) >= 11 is 5.43. The van der Waals surface area contributed by atoms with Gasteiger partial charge in [0, 0.05) is 0 Å². The second-order valence-electron chi connectivity index (χ2n) is 2.33. The summed E-state index contributed by atoms with van der Waals surface area (Å²) in [4.78, 5) is 0. The molecule has 64 valence electrons. The highest BCUT2D eigenvalue weighted by Crippen LogP contribution is 2.14. The Bertz CT molecular complexity index is 325. The van der Waals surface area contributed by atoms with E-state index in [0.29, 0.717) is 5.56 Å². The minimum absolute atomic E-state index is 0.110. The molecule has 0 bridgehead atoms. The number of hydrogen-bond donors (Lipinski definition) is 1. The Labute approximate surface area is 74.3 Å². The molecule has 0 amide bonds. The van der Waals surface area contributed by atoms with Crippen molar-refractivity contribution in [1.82, 2.24) is 0 Å². The quantitative estimate of drug-likeness (QED) is 0.409. The standard InChI is InChI=1S/C8H7ClFNO/c1-5-3-2-4-6(7(5)10)8(9)11-12/h2-4,12H,1H3. The van der Waals surface area contributed by atoms with Gasteiger partial charge in [0.1, 0.15) is 5.82 Å². The van der Waals surface area contributed by atoms with Crippen LogP contribution in [0.25, 0.3) is 0 Å². The van der Waals surface area contributed by atoms with Crippen LogP contribution in [-0.4, -0.2) is 10.4 Å². The van der Waals surface area contributed by atoms with Gasteiger partial charge in [0.2, 0.25) is 0 Å². The maximum atomic E-state index is 13.2. The number of aryl methyl sites for hydroxylation is 1. The molecule has 1 aromatic carbocycles. The van der Waals surface area contributed by atoms with E-state index in [4.69, 9.17) is 16.8 Å². The van der Waals surface area contributed by atoms with Gasteiger partial charge in [-0.25, -0.2) is 4.39 Å². The first kappa shape index (κ1) is 9.00. The molecule has 0 radical (unpaired) electrons. The highest BCUT2D eigenvalue weighted by atomic mass is 35.5. The predicted molar refractivity (Wildman–Crippen MR) is 45.3 cm³/mol. The van der Waals surface area contributed by atoms with E-state index in [-0.39, 0.29) is 10.7 Å². The molecule has 0 aliphatic heterocycles. The molecule has 12 heavy (non-hydrogen) atoms. The highest BCUT2D eigenvalue weighted by Gasteiger charge is 2.08. The van der Waals surface area contributed by atoms with Gasteiger partial charge in [-0.3, -0.25) is 0 Å². The predicted octanol–water partition coefficient (Wildman–Crippen LogP) is 2.51. The van der Waals surface area contributed by atoms with Gasteiger partial charge in [-0.05, 0) is 18.6 Å². The van der Waals surface area contributed by atoms with Crippen molar-refractivity contribution < 1.29 is 9.60 Å². The second kappa shape index (κ2) is 3.54. The van der Waals surface area contributed by atoms with Crippen molar-refractivity contribution in [2.24, 2.45) is 5.16 Å². The van der Waals surface area contributed by atoms with E-state index >= 15 is 0 Å². The Morgan fingerprint density at radius 1 is 1.58 bits per heavy atom. The van der Waals surface area contributed by atoms with E-state index in [9.17, 15) is 4.39 Å². The van der Waals surface area contributed by atoms with Crippen molar-refractivity contribution in [3.63, 3.8) is 0 Å². The van der Waals surface area contributed by atoms with Crippen LogP contribution in [0.4, 0.5) is 4.39 Å². The van der Waals surface area contributed by atoms with Gasteiger partial charge in [0.15, 0.2) is 5.17 Å². The van der Waals surface area contributed by atoms with Crippen LogP contribution in [-0.2, 0) is 0 Å². The summed E-state index contributed by atoms with van der Waals surface area (Å²) in [6.07, 6.45) is 0. The Balaban J connectivity index is 3.26. The van der Waals surface area contributed by atoms with Crippen LogP contribution in [0, 0.1) is 12.7 Å². The summed E-state index contributed by atoms with van der Waals surface area (Å²) < 4.78 is 13.2. The highest BCUT2D eigenvalue weighted by molar-refractivity contribution is 6.69. The third kappa shape index (κ3) is 1.56. The lowest BCUT2D eigenvalue weighted by Gasteiger charge is -2.00. The summed E-state index contributed by atoms with van der Waals surface area (Å²) in [6.45, 7) is 1.61. The normalized spacial score (nSPS) is 11.8. The third-order valence-corrected chi connectivity index (χ3v) is 1.78. The number of oxime groups is 1. The van der Waals surface area contributed by atoms with Gasteiger partial charge < -0.3 is 5.21 Å². The fraction of sp³-hybridized carbons (Fsp3) is 0.125. The van der Waals surface area contributed by atoms with Crippen LogP contribution in [0.5, 0.6) is 0 Å². The van der Waals surface area contributed by atoms with E-state index in [0.717, 1.165) is 0 Å². The number of rotatable bonds is 1. The van der Waals surface area contributed by atoms with Crippen molar-refractivity contribution >= 4 is 16.8 Å². The molecule has 0 aliphatic rings. The summed E-state index contributed by atoms with van der Waals surface area (Å²) in [6, 6.07) is 4.70. The van der Waals surface area contributed by atoms with Crippen molar-refractivity contribution in [1.29, 1.82) is 0 Å². The molecule has 2 nitrogen and oxygen atoms in total. The SMILES string of the molecule is Cc1cccc(C(Cl)=NO)c1F. The molecule has 0 fully saturated rings. The molecule has 1 N–H and O–H groups in total. The molecular formula is C8H7ClFNO. The van der Waals surface area contributed by atoms with E-state index in [2.05, 4.69) is 5.16 Å². The molecule has 0 spiro atoms. The van der Waals surface area contributed by atoms with Crippen molar-refractivity contribution in [2.75, 3.05) is 0 Å². The van der Waals surface area contributed by atoms with Gasteiger partial charge in [-0.1, -0.05) is 28.9 Å². The first-order chi connectivity index (χ1) is 5.66. The number of hydrogen-bond acceptors (Lipinski definition) is 2. The van der Waals surface area contributed by atoms with Crippen LogP contribution in [0.3, 0.4) is 0 Å². The van der Waals surface area contributed by atoms with Gasteiger partial charge >= 0.3 is 0 Å². The summed E-state index contributed by atoms with van der Waals surface area (Å²) in [5.74, 6) is -0.458. The monoisotopic (exact) mass is 187 g/mol. The fourth-order valence-corrected chi connectivity index (χ4v) is 1.01. The van der Waals surface area contributed by atoms with E-state index in [1.165, 1.54) is 6.07 Å². The third-order valence-electron chi connectivity index (χ3n) is 1.50. The molecule has 1 rings (SSSR count). The van der Waals surface area contributed by atoms with Crippen LogP contribution in [0.15, 0.2) is 23.4 Å². The smallest absolute Gasteiger partial charge is 0.178 e. The van der Waals surface area contributed by atoms with Crippen LogP contribution < -0.4 is 0 Å². The first-order valence-electron chi connectivity index (χ1n) is 3.30. The largest absolute Gasteiger partial charge is 0.410 e. The Hall–Kier alpha value is -1.09. The lowest BCUT2D eigenvalue weighted by atomic mass is 10.1. The fourth-order valence-electron chi connectivity index (χ4n) is 0.861. The number of benzene rings is 1. The lowest BCUT2D eigenvalue weighted by Crippen LogP contribution is -1.97. The van der Waals surface area contributed by atoms with Crippen LogP contribution >= 0.6 is 11.6 Å². The molecule has 0 saturated carbocycles. The molecule has 0 saturated heterocycles. The molecule has 0 atom stereocenters. The molecule has 0 unspecified atom stereocenters. The lowest BCUT2D eigenvalue weighted by molar-refractivity contribution is 0.320. The van der Waals surface area contributed by atoms with E-state index < -0.39 is 5.82 Å². The Morgan fingerprint density at radius 3 is 2.83 bits per heavy atom. The molecule has 0 aliphatic carbocycles. The summed E-state index contributed by atoms with van der Waals surface area (Å²) in [5, 5.41) is 10.8. The van der Waals surface area contributed by atoms with Crippen molar-refractivity contribution in [3.8, 4) is 0 Å². The molecule has 0 heterocycles. The molecule has 4 heteroatoms. The average Bonchev–Trinajstić information content (AvgIpc) is 2.08. The summed E-state index contributed by atoms with van der Waals surface area (Å²) in [5.41, 5.74) is 0.577. The zero-order valence-electron chi connectivity index (χ0n) is 6.38. The average molecular weight is 188 g/mol. The van der Waals surface area contributed by atoms with Gasteiger partial charge in [0.05, 0.1) is 5.56 Å². The number of halogens is 2. The van der Waals surface area contributed by atoms with Crippen LogP contribution in [0.1, 0.15) is 11.1 Å². The first-order valence-corrected chi connectivity index (χ1v) is 3.67. The molecule has 0 aromatic heterocycles. The van der Waals surface area contributed by atoms with Gasteiger partial charge in [0.25, 0.3) is 0 Å². The second-order valence-corrected chi connectivity index (χ2v) is 2.69. The molecular weight excluding hydrogens is 181 g/mol. The maximum Gasteiger partial charge on any atom is 0.178 e. The number of nitrogens with zero attached hydrogens (tertiary/aromatic N) is 1. The Kier molecular flexibility index (Phi) is 2.65. The van der Waals surface area contributed by atoms with Gasteiger partial charge in [-0.15, -0.1) is 0 Å². The zero-order chi connectivity index (χ0) is 9.14. The maximum absolute atomic E-state index is 13.2. The Morgan fingerprint density at radius 2 is 2.25 bits per heavy atom. The minimum atomic E-state index is -0.458. The molecule has 1 aromatic rings. The van der Waals surface area contributed by atoms with Crippen molar-refractivity contribution in [3.05, 3.63) is 35.1 Å². The zero-order valence-corrected chi connectivity index (χ0v) is 7.14. The van der Waals surface area contributed by atoms with E-state index in [1.807, 2.05) is 0 Å². The van der Waals surface area contributed by atoms with Crippen molar-refractivity contribution in [2.45, 2.75) is 6.92 Å². The summed E-state index contributed by atoms with van der Waals surface area (Å²) in [7, 11) is 0.